The molecule has 22 heavy (non-hydrogen) atoms. The van der Waals surface area contributed by atoms with Crippen molar-refractivity contribution >= 4 is 5.91 Å². The molecule has 122 valence electrons. The first-order valence-corrected chi connectivity index (χ1v) is 8.44. The van der Waals surface area contributed by atoms with Crippen LogP contribution in [0.5, 0.6) is 0 Å². The molecule has 3 N–H and O–H groups in total. The number of H-pyrrole nitrogens is 1. The maximum absolute atomic E-state index is 12.1. The van der Waals surface area contributed by atoms with Gasteiger partial charge < -0.3 is 10.4 Å². The standard InChI is InChI=1S/C16H26N4O2/c21-12-5-4-8-20(10-12)11-16(22)17-9-15-13-6-2-1-3-7-14(13)18-19-15/h12,21H,1-11H2,(H,17,22)(H,18,19)/t12-/m1/s1. The van der Waals surface area contributed by atoms with E-state index in [1.54, 1.807) is 0 Å². The number of aliphatic hydroxyl groups is 1. The van der Waals surface area contributed by atoms with Crippen LogP contribution in [0.1, 0.15) is 49.1 Å². The first-order valence-electron chi connectivity index (χ1n) is 8.44. The van der Waals surface area contributed by atoms with E-state index < -0.39 is 0 Å². The molecule has 1 atom stereocenters. The Morgan fingerprint density at radius 1 is 1.32 bits per heavy atom. The van der Waals surface area contributed by atoms with Gasteiger partial charge in [-0.25, -0.2) is 0 Å². The van der Waals surface area contributed by atoms with Crippen LogP contribution in [-0.4, -0.2) is 51.8 Å². The third kappa shape index (κ3) is 3.87. The molecule has 0 bridgehead atoms. The predicted molar refractivity (Wildman–Crippen MR) is 83.4 cm³/mol. The molecule has 1 aromatic heterocycles. The zero-order chi connectivity index (χ0) is 15.4. The average Bonchev–Trinajstić information content (AvgIpc) is 2.72. The van der Waals surface area contributed by atoms with Gasteiger partial charge in [0.1, 0.15) is 0 Å². The van der Waals surface area contributed by atoms with Crippen LogP contribution >= 0.6 is 0 Å². The predicted octanol–water partition coefficient (Wildman–Crippen LogP) is 0.752. The van der Waals surface area contributed by atoms with Gasteiger partial charge in [0, 0.05) is 12.2 Å². The van der Waals surface area contributed by atoms with Crippen LogP contribution in [0.2, 0.25) is 0 Å². The molecule has 1 aliphatic heterocycles. The number of aliphatic hydroxyl groups excluding tert-OH is 1. The summed E-state index contributed by atoms with van der Waals surface area (Å²) >= 11 is 0. The first-order chi connectivity index (χ1) is 10.7. The summed E-state index contributed by atoms with van der Waals surface area (Å²) in [5.41, 5.74) is 3.55. The topological polar surface area (TPSA) is 81.2 Å². The van der Waals surface area contributed by atoms with Crippen molar-refractivity contribution in [3.8, 4) is 0 Å². The quantitative estimate of drug-likeness (QED) is 0.717. The van der Waals surface area contributed by atoms with E-state index in [0.29, 0.717) is 19.6 Å². The molecule has 0 aromatic carbocycles. The molecule has 6 heteroatoms. The second-order valence-electron chi connectivity index (χ2n) is 6.50. The summed E-state index contributed by atoms with van der Waals surface area (Å²) < 4.78 is 0. The number of hydrogen-bond donors (Lipinski definition) is 3. The van der Waals surface area contributed by atoms with Crippen molar-refractivity contribution in [1.29, 1.82) is 0 Å². The second-order valence-corrected chi connectivity index (χ2v) is 6.50. The number of likely N-dealkylation sites (tertiary alicyclic amines) is 1. The van der Waals surface area contributed by atoms with Crippen molar-refractivity contribution in [3.05, 3.63) is 17.0 Å². The van der Waals surface area contributed by atoms with E-state index in [1.165, 1.54) is 30.5 Å². The molecule has 1 fully saturated rings. The number of carbonyl (C=O) groups excluding carboxylic acids is 1. The Balaban J connectivity index is 1.50. The van der Waals surface area contributed by atoms with Crippen LogP contribution in [0.15, 0.2) is 0 Å². The lowest BCUT2D eigenvalue weighted by Gasteiger charge is -2.29. The Kier molecular flexibility index (Phi) is 5.10. The molecule has 1 aromatic rings. The van der Waals surface area contributed by atoms with Crippen LogP contribution < -0.4 is 5.32 Å². The second kappa shape index (κ2) is 7.24. The zero-order valence-electron chi connectivity index (χ0n) is 13.1. The highest BCUT2D eigenvalue weighted by Crippen LogP contribution is 2.21. The molecule has 1 saturated heterocycles. The zero-order valence-corrected chi connectivity index (χ0v) is 13.1. The Morgan fingerprint density at radius 3 is 3.05 bits per heavy atom. The van der Waals surface area contributed by atoms with Gasteiger partial charge in [0.2, 0.25) is 5.91 Å². The third-order valence-corrected chi connectivity index (χ3v) is 4.69. The minimum absolute atomic E-state index is 0.0134. The number of piperidine rings is 1. The summed E-state index contributed by atoms with van der Waals surface area (Å²) in [7, 11) is 0. The average molecular weight is 306 g/mol. The molecule has 1 amide bonds. The lowest BCUT2D eigenvalue weighted by atomic mass is 10.1. The largest absolute Gasteiger partial charge is 0.392 e. The molecule has 0 saturated carbocycles. The fourth-order valence-corrected chi connectivity index (χ4v) is 3.49. The molecule has 3 rings (SSSR count). The van der Waals surface area contributed by atoms with Crippen molar-refractivity contribution in [2.75, 3.05) is 19.6 Å². The summed E-state index contributed by atoms with van der Waals surface area (Å²) in [6, 6.07) is 0. The van der Waals surface area contributed by atoms with Crippen molar-refractivity contribution < 1.29 is 9.90 Å². The minimum Gasteiger partial charge on any atom is -0.392 e. The molecule has 0 radical (unpaired) electrons. The highest BCUT2D eigenvalue weighted by molar-refractivity contribution is 5.78. The maximum Gasteiger partial charge on any atom is 0.234 e. The summed E-state index contributed by atoms with van der Waals surface area (Å²) in [5, 5.41) is 20.1. The molecule has 6 nitrogen and oxygen atoms in total. The number of carbonyl (C=O) groups is 1. The number of rotatable bonds is 4. The van der Waals surface area contributed by atoms with Crippen LogP contribution in [0, 0.1) is 0 Å². The monoisotopic (exact) mass is 306 g/mol. The van der Waals surface area contributed by atoms with Crippen molar-refractivity contribution in [1.82, 2.24) is 20.4 Å². The normalized spacial score (nSPS) is 22.9. The van der Waals surface area contributed by atoms with Gasteiger partial charge in [-0.15, -0.1) is 0 Å². The van der Waals surface area contributed by atoms with E-state index in [4.69, 9.17) is 0 Å². The summed E-state index contributed by atoms with van der Waals surface area (Å²) in [4.78, 5) is 14.1. The number of aromatic amines is 1. The summed E-state index contributed by atoms with van der Waals surface area (Å²) in [5.74, 6) is 0.0134. The van der Waals surface area contributed by atoms with Gasteiger partial charge in [0.15, 0.2) is 0 Å². The van der Waals surface area contributed by atoms with Gasteiger partial charge in [-0.05, 0) is 50.6 Å². The Morgan fingerprint density at radius 2 is 2.18 bits per heavy atom. The smallest absolute Gasteiger partial charge is 0.234 e. The Bertz CT molecular complexity index is 514. The van der Waals surface area contributed by atoms with E-state index in [-0.39, 0.29) is 12.0 Å². The number of amides is 1. The van der Waals surface area contributed by atoms with Crippen LogP contribution in [0.4, 0.5) is 0 Å². The van der Waals surface area contributed by atoms with E-state index in [2.05, 4.69) is 15.5 Å². The van der Waals surface area contributed by atoms with Crippen LogP contribution in [0.3, 0.4) is 0 Å². The lowest BCUT2D eigenvalue weighted by Crippen LogP contribution is -2.44. The van der Waals surface area contributed by atoms with Gasteiger partial charge in [0.05, 0.1) is 24.9 Å². The number of aromatic nitrogens is 2. The van der Waals surface area contributed by atoms with Gasteiger partial charge in [-0.2, -0.15) is 5.10 Å². The Hall–Kier alpha value is -1.40. The van der Waals surface area contributed by atoms with Gasteiger partial charge >= 0.3 is 0 Å². The Labute approximate surface area is 131 Å². The first kappa shape index (κ1) is 15.5. The molecule has 1 aliphatic carbocycles. The van der Waals surface area contributed by atoms with Crippen LogP contribution in [0.25, 0.3) is 0 Å². The maximum atomic E-state index is 12.1. The van der Waals surface area contributed by atoms with Gasteiger partial charge in [-0.3, -0.25) is 14.8 Å². The summed E-state index contributed by atoms with van der Waals surface area (Å²) in [6.45, 7) is 2.36. The molecular formula is C16H26N4O2. The van der Waals surface area contributed by atoms with Gasteiger partial charge in [-0.1, -0.05) is 6.42 Å². The third-order valence-electron chi connectivity index (χ3n) is 4.69. The molecule has 2 heterocycles. The fraction of sp³-hybridized carbons (Fsp3) is 0.750. The molecular weight excluding hydrogens is 280 g/mol. The number of nitrogens with zero attached hydrogens (tertiary/aromatic N) is 2. The summed E-state index contributed by atoms with van der Waals surface area (Å²) in [6.07, 6.45) is 7.35. The lowest BCUT2D eigenvalue weighted by molar-refractivity contribution is -0.123. The highest BCUT2D eigenvalue weighted by atomic mass is 16.3. The van der Waals surface area contributed by atoms with E-state index >= 15 is 0 Å². The number of β-amino-alcohol motifs (C(OH)–C–C–N with tert-alkyl or cyclic N) is 1. The molecule has 0 unspecified atom stereocenters. The van der Waals surface area contributed by atoms with E-state index in [9.17, 15) is 9.90 Å². The number of aryl methyl sites for hydroxylation is 1. The molecule has 0 spiro atoms. The number of nitrogens with one attached hydrogen (secondary N) is 2. The van der Waals surface area contributed by atoms with Crippen molar-refractivity contribution in [3.63, 3.8) is 0 Å². The van der Waals surface area contributed by atoms with Crippen molar-refractivity contribution in [2.24, 2.45) is 0 Å². The van der Waals surface area contributed by atoms with Crippen LogP contribution in [-0.2, 0) is 24.2 Å². The number of hydrogen-bond acceptors (Lipinski definition) is 4. The van der Waals surface area contributed by atoms with E-state index in [0.717, 1.165) is 37.9 Å². The molecule has 2 aliphatic rings. The SMILES string of the molecule is O=C(CN1CCC[C@@H](O)C1)NCc1n[nH]c2c1CCCCC2. The van der Waals surface area contributed by atoms with E-state index in [1.807, 2.05) is 4.90 Å². The van der Waals surface area contributed by atoms with Crippen molar-refractivity contribution in [2.45, 2.75) is 57.6 Å². The number of fused-ring (bicyclic) bond motifs is 1. The highest BCUT2D eigenvalue weighted by Gasteiger charge is 2.20. The minimum atomic E-state index is -0.288. The fourth-order valence-electron chi connectivity index (χ4n) is 3.49. The van der Waals surface area contributed by atoms with Gasteiger partial charge in [0.25, 0.3) is 0 Å².